The fourth-order valence-electron chi connectivity index (χ4n) is 2.58. The van der Waals surface area contributed by atoms with Crippen LogP contribution in [0.4, 0.5) is 11.4 Å². The molecule has 0 bridgehead atoms. The number of carbonyl (C=O) groups excluding carboxylic acids is 1. The molecule has 0 saturated heterocycles. The number of amides is 1. The molecule has 28 heavy (non-hydrogen) atoms. The van der Waals surface area contributed by atoms with Crippen molar-refractivity contribution >= 4 is 50.5 Å². The van der Waals surface area contributed by atoms with Gasteiger partial charge in [-0.05, 0) is 37.3 Å². The molecule has 2 rings (SSSR count). The van der Waals surface area contributed by atoms with Crippen LogP contribution in [0.15, 0.2) is 36.4 Å². The molecule has 0 saturated carbocycles. The van der Waals surface area contributed by atoms with E-state index in [1.54, 1.807) is 18.2 Å². The summed E-state index contributed by atoms with van der Waals surface area (Å²) in [5.74, 6) is 0.308. The highest BCUT2D eigenvalue weighted by Crippen LogP contribution is 2.33. The van der Waals surface area contributed by atoms with Gasteiger partial charge in [-0.3, -0.25) is 9.10 Å². The van der Waals surface area contributed by atoms with E-state index < -0.39 is 22.0 Å². The molecule has 1 atom stereocenters. The Bertz CT molecular complexity index is 982. The highest BCUT2D eigenvalue weighted by Gasteiger charge is 2.31. The van der Waals surface area contributed by atoms with Crippen molar-refractivity contribution in [2.24, 2.45) is 0 Å². The van der Waals surface area contributed by atoms with Gasteiger partial charge < -0.3 is 14.8 Å². The standard InChI is InChI=1S/C18H20Cl2N2O5S/c1-11(18(23)21-15-10-13(26-2)6-8-17(15)27-3)22(28(4,24)25)16-9-12(19)5-7-14(16)20/h5-11H,1-4H3,(H,21,23)/t11-/m1/s1. The molecule has 2 aromatic carbocycles. The van der Waals surface area contributed by atoms with Crippen LogP contribution < -0.4 is 19.1 Å². The molecule has 0 radical (unpaired) electrons. The summed E-state index contributed by atoms with van der Waals surface area (Å²) >= 11 is 12.1. The van der Waals surface area contributed by atoms with E-state index in [1.165, 1.54) is 39.3 Å². The molecule has 7 nitrogen and oxygen atoms in total. The van der Waals surface area contributed by atoms with Crippen LogP contribution in [0.3, 0.4) is 0 Å². The first-order chi connectivity index (χ1) is 13.1. The molecule has 0 aliphatic heterocycles. The summed E-state index contributed by atoms with van der Waals surface area (Å²) in [5, 5.41) is 3.10. The molecule has 0 aliphatic rings. The van der Waals surface area contributed by atoms with E-state index in [1.807, 2.05) is 0 Å². The quantitative estimate of drug-likeness (QED) is 0.698. The zero-order valence-electron chi connectivity index (χ0n) is 15.7. The van der Waals surface area contributed by atoms with Gasteiger partial charge in [0, 0.05) is 11.1 Å². The van der Waals surface area contributed by atoms with E-state index in [2.05, 4.69) is 5.32 Å². The molecule has 1 N–H and O–H groups in total. The summed E-state index contributed by atoms with van der Waals surface area (Å²) in [7, 11) is -0.906. The van der Waals surface area contributed by atoms with Crippen LogP contribution in [0.25, 0.3) is 0 Å². The third-order valence-electron chi connectivity index (χ3n) is 3.90. The highest BCUT2D eigenvalue weighted by molar-refractivity contribution is 7.92. The predicted octanol–water partition coefficient (Wildman–Crippen LogP) is 3.80. The van der Waals surface area contributed by atoms with Crippen molar-refractivity contribution in [3.63, 3.8) is 0 Å². The number of nitrogens with zero attached hydrogens (tertiary/aromatic N) is 1. The molecule has 0 aromatic heterocycles. The van der Waals surface area contributed by atoms with Gasteiger partial charge in [0.05, 0.1) is 36.9 Å². The summed E-state index contributed by atoms with van der Waals surface area (Å²) in [6, 6.07) is 8.13. The number of nitrogens with one attached hydrogen (secondary N) is 1. The van der Waals surface area contributed by atoms with Gasteiger partial charge in [-0.15, -0.1) is 0 Å². The summed E-state index contributed by atoms with van der Waals surface area (Å²) in [4.78, 5) is 12.8. The van der Waals surface area contributed by atoms with E-state index in [-0.39, 0.29) is 15.7 Å². The molecule has 10 heteroatoms. The molecular weight excluding hydrogens is 427 g/mol. The van der Waals surface area contributed by atoms with Crippen molar-refractivity contribution in [1.82, 2.24) is 0 Å². The SMILES string of the molecule is COc1ccc(OC)c(NC(=O)[C@@H](C)N(c2cc(Cl)ccc2Cl)S(C)(=O)=O)c1. The number of sulfonamides is 1. The Morgan fingerprint density at radius 3 is 2.36 bits per heavy atom. The van der Waals surface area contributed by atoms with Crippen molar-refractivity contribution in [1.29, 1.82) is 0 Å². The highest BCUT2D eigenvalue weighted by atomic mass is 35.5. The maximum absolute atomic E-state index is 12.8. The number of hydrogen-bond acceptors (Lipinski definition) is 5. The zero-order valence-corrected chi connectivity index (χ0v) is 18.0. The number of hydrogen-bond donors (Lipinski definition) is 1. The molecular formula is C18H20Cl2N2O5S. The predicted molar refractivity (Wildman–Crippen MR) is 111 cm³/mol. The van der Waals surface area contributed by atoms with Crippen molar-refractivity contribution in [2.75, 3.05) is 30.1 Å². The first-order valence-electron chi connectivity index (χ1n) is 8.05. The van der Waals surface area contributed by atoms with Gasteiger partial charge in [0.25, 0.3) is 0 Å². The molecule has 0 heterocycles. The molecule has 0 fully saturated rings. The monoisotopic (exact) mass is 446 g/mol. The fourth-order valence-corrected chi connectivity index (χ4v) is 4.19. The van der Waals surface area contributed by atoms with Crippen LogP contribution in [0.1, 0.15) is 6.92 Å². The molecule has 0 unspecified atom stereocenters. The number of carbonyl (C=O) groups is 1. The fraction of sp³-hybridized carbons (Fsp3) is 0.278. The van der Waals surface area contributed by atoms with Crippen LogP contribution in [-0.2, 0) is 14.8 Å². The molecule has 0 aliphatic carbocycles. The topological polar surface area (TPSA) is 84.9 Å². The van der Waals surface area contributed by atoms with Gasteiger partial charge in [0.15, 0.2) is 0 Å². The van der Waals surface area contributed by atoms with Crippen molar-refractivity contribution in [3.8, 4) is 11.5 Å². The van der Waals surface area contributed by atoms with E-state index in [0.29, 0.717) is 17.2 Å². The third kappa shape index (κ3) is 5.01. The van der Waals surface area contributed by atoms with Crippen molar-refractivity contribution in [3.05, 3.63) is 46.4 Å². The lowest BCUT2D eigenvalue weighted by atomic mass is 10.2. The maximum Gasteiger partial charge on any atom is 0.248 e. The molecule has 1 amide bonds. The van der Waals surface area contributed by atoms with Crippen molar-refractivity contribution in [2.45, 2.75) is 13.0 Å². The van der Waals surface area contributed by atoms with Crippen LogP contribution in [0.5, 0.6) is 11.5 Å². The van der Waals surface area contributed by atoms with Crippen LogP contribution in [-0.4, -0.2) is 40.8 Å². The Balaban J connectivity index is 2.42. The Labute approximate surface area is 174 Å². The first kappa shape index (κ1) is 22.1. The van der Waals surface area contributed by atoms with Gasteiger partial charge in [0.1, 0.15) is 17.5 Å². The number of halogens is 2. The van der Waals surface area contributed by atoms with Crippen molar-refractivity contribution < 1.29 is 22.7 Å². The van der Waals surface area contributed by atoms with E-state index in [4.69, 9.17) is 32.7 Å². The van der Waals surface area contributed by atoms with Gasteiger partial charge in [-0.1, -0.05) is 23.2 Å². The van der Waals surface area contributed by atoms with E-state index in [0.717, 1.165) is 10.6 Å². The summed E-state index contributed by atoms with van der Waals surface area (Å²) in [6.07, 6.45) is 0.986. The molecule has 0 spiro atoms. The Kier molecular flexibility index (Phi) is 7.03. The largest absolute Gasteiger partial charge is 0.497 e. The van der Waals surface area contributed by atoms with Gasteiger partial charge in [-0.25, -0.2) is 8.42 Å². The number of benzene rings is 2. The van der Waals surface area contributed by atoms with E-state index >= 15 is 0 Å². The first-order valence-corrected chi connectivity index (χ1v) is 10.7. The number of anilines is 2. The minimum atomic E-state index is -3.85. The molecule has 2 aromatic rings. The lowest BCUT2D eigenvalue weighted by Crippen LogP contribution is -2.45. The Hall–Kier alpha value is -2.16. The summed E-state index contributed by atoms with van der Waals surface area (Å²) in [5.41, 5.74) is 0.446. The second-order valence-electron chi connectivity index (χ2n) is 5.89. The minimum absolute atomic E-state index is 0.108. The summed E-state index contributed by atoms with van der Waals surface area (Å²) < 4.78 is 36.1. The average molecular weight is 447 g/mol. The number of rotatable bonds is 7. The van der Waals surface area contributed by atoms with E-state index in [9.17, 15) is 13.2 Å². The second kappa shape index (κ2) is 8.89. The minimum Gasteiger partial charge on any atom is -0.497 e. The number of ether oxygens (including phenoxy) is 2. The van der Waals surface area contributed by atoms with Crippen LogP contribution in [0.2, 0.25) is 10.0 Å². The van der Waals surface area contributed by atoms with Gasteiger partial charge >= 0.3 is 0 Å². The number of methoxy groups -OCH3 is 2. The van der Waals surface area contributed by atoms with Gasteiger partial charge in [-0.2, -0.15) is 0 Å². The normalized spacial score (nSPS) is 12.2. The van der Waals surface area contributed by atoms with Crippen LogP contribution >= 0.6 is 23.2 Å². The maximum atomic E-state index is 12.8. The smallest absolute Gasteiger partial charge is 0.248 e. The molecule has 152 valence electrons. The Morgan fingerprint density at radius 1 is 1.11 bits per heavy atom. The lowest BCUT2D eigenvalue weighted by Gasteiger charge is -2.29. The Morgan fingerprint density at radius 2 is 1.79 bits per heavy atom. The third-order valence-corrected chi connectivity index (χ3v) is 5.68. The zero-order chi connectivity index (χ0) is 21.1. The average Bonchev–Trinajstić information content (AvgIpc) is 2.63. The summed E-state index contributed by atoms with van der Waals surface area (Å²) in [6.45, 7) is 1.44. The van der Waals surface area contributed by atoms with Crippen LogP contribution in [0, 0.1) is 0 Å². The van der Waals surface area contributed by atoms with Gasteiger partial charge in [0.2, 0.25) is 15.9 Å². The second-order valence-corrected chi connectivity index (χ2v) is 8.59. The lowest BCUT2D eigenvalue weighted by molar-refractivity contribution is -0.116.